The van der Waals surface area contributed by atoms with Crippen molar-refractivity contribution >= 4 is 0 Å². The molecule has 2 unspecified atom stereocenters. The van der Waals surface area contributed by atoms with Crippen LogP contribution in [0.3, 0.4) is 0 Å². The van der Waals surface area contributed by atoms with Gasteiger partial charge in [-0.2, -0.15) is 0 Å². The molecular weight excluding hydrogens is 186 g/mol. The van der Waals surface area contributed by atoms with E-state index < -0.39 is 0 Å². The third-order valence-electron chi connectivity index (χ3n) is 3.37. The van der Waals surface area contributed by atoms with Crippen molar-refractivity contribution in [2.45, 2.75) is 31.3 Å². The second-order valence-corrected chi connectivity index (χ2v) is 4.95. The van der Waals surface area contributed by atoms with Crippen LogP contribution in [0.4, 0.5) is 0 Å². The van der Waals surface area contributed by atoms with E-state index in [-0.39, 0.29) is 11.6 Å². The Morgan fingerprint density at radius 1 is 1.47 bits per heavy atom. The van der Waals surface area contributed by atoms with Crippen LogP contribution in [-0.4, -0.2) is 36.1 Å². The first-order valence-corrected chi connectivity index (χ1v) is 5.75. The quantitative estimate of drug-likeness (QED) is 0.698. The maximum Gasteiger partial charge on any atom is 0.0503 e. The Morgan fingerprint density at radius 2 is 2.13 bits per heavy atom. The molecule has 0 aromatic carbocycles. The molecule has 0 aromatic rings. The minimum Gasteiger partial charge on any atom is -0.323 e. The Kier molecular flexibility index (Phi) is 2.96. The third-order valence-corrected chi connectivity index (χ3v) is 3.37. The van der Waals surface area contributed by atoms with Gasteiger partial charge < -0.3 is 11.5 Å². The molecule has 84 valence electrons. The summed E-state index contributed by atoms with van der Waals surface area (Å²) < 4.78 is 0. The van der Waals surface area contributed by atoms with Crippen LogP contribution >= 0.6 is 0 Å². The highest BCUT2D eigenvalue weighted by molar-refractivity contribution is 5.33. The van der Waals surface area contributed by atoms with E-state index >= 15 is 0 Å². The lowest BCUT2D eigenvalue weighted by Gasteiger charge is -2.30. The lowest BCUT2D eigenvalue weighted by Crippen LogP contribution is -2.51. The van der Waals surface area contributed by atoms with Gasteiger partial charge in [0.2, 0.25) is 0 Å². The maximum absolute atomic E-state index is 6.02. The van der Waals surface area contributed by atoms with Gasteiger partial charge in [0.05, 0.1) is 5.54 Å². The van der Waals surface area contributed by atoms with Crippen LogP contribution in [0.2, 0.25) is 0 Å². The Hall–Kier alpha value is -0.640. The number of rotatable bonds is 2. The summed E-state index contributed by atoms with van der Waals surface area (Å²) in [5.74, 6) is 0. The van der Waals surface area contributed by atoms with Gasteiger partial charge in [-0.15, -0.1) is 0 Å². The molecule has 2 aliphatic rings. The zero-order valence-corrected chi connectivity index (χ0v) is 9.45. The highest BCUT2D eigenvalue weighted by Crippen LogP contribution is 2.19. The van der Waals surface area contributed by atoms with Gasteiger partial charge in [0, 0.05) is 12.6 Å². The molecule has 1 saturated heterocycles. The van der Waals surface area contributed by atoms with Gasteiger partial charge in [-0.3, -0.25) is 4.90 Å². The first-order valence-electron chi connectivity index (χ1n) is 5.75. The van der Waals surface area contributed by atoms with Gasteiger partial charge in [-0.25, -0.2) is 0 Å². The summed E-state index contributed by atoms with van der Waals surface area (Å²) >= 11 is 0. The molecule has 0 aromatic heterocycles. The predicted molar refractivity (Wildman–Crippen MR) is 63.5 cm³/mol. The molecule has 0 radical (unpaired) electrons. The first-order chi connectivity index (χ1) is 7.08. The fourth-order valence-corrected chi connectivity index (χ4v) is 2.17. The van der Waals surface area contributed by atoms with E-state index in [1.54, 1.807) is 0 Å². The molecule has 1 aliphatic heterocycles. The molecule has 3 nitrogen and oxygen atoms in total. The zero-order valence-electron chi connectivity index (χ0n) is 9.45. The Morgan fingerprint density at radius 3 is 2.73 bits per heavy atom. The topological polar surface area (TPSA) is 55.3 Å². The monoisotopic (exact) mass is 207 g/mol. The summed E-state index contributed by atoms with van der Waals surface area (Å²) in [6, 6.07) is -0.0555. The van der Waals surface area contributed by atoms with E-state index in [1.165, 1.54) is 31.5 Å². The van der Waals surface area contributed by atoms with Crippen molar-refractivity contribution in [1.29, 1.82) is 0 Å². The molecular formula is C12H21N3. The lowest BCUT2D eigenvalue weighted by atomic mass is 9.87. The molecule has 0 spiro atoms. The summed E-state index contributed by atoms with van der Waals surface area (Å²) in [5.41, 5.74) is 13.0. The molecule has 1 aliphatic carbocycles. The minimum atomic E-state index is -0.380. The van der Waals surface area contributed by atoms with Crippen molar-refractivity contribution in [2.75, 3.05) is 19.6 Å². The van der Waals surface area contributed by atoms with Crippen LogP contribution in [0.25, 0.3) is 0 Å². The summed E-state index contributed by atoms with van der Waals surface area (Å²) in [6.07, 6.45) is 8.93. The van der Waals surface area contributed by atoms with E-state index in [1.807, 2.05) is 13.0 Å². The van der Waals surface area contributed by atoms with Crippen molar-refractivity contribution in [2.24, 2.45) is 11.5 Å². The molecule has 0 amide bonds. The average molecular weight is 207 g/mol. The zero-order chi connectivity index (χ0) is 10.9. The fraction of sp³-hybridized carbons (Fsp3) is 0.667. The van der Waals surface area contributed by atoms with Crippen molar-refractivity contribution in [3.8, 4) is 0 Å². The summed E-state index contributed by atoms with van der Waals surface area (Å²) in [6.45, 7) is 5.44. The van der Waals surface area contributed by atoms with Crippen molar-refractivity contribution in [3.05, 3.63) is 23.8 Å². The van der Waals surface area contributed by atoms with Crippen LogP contribution in [0.15, 0.2) is 23.8 Å². The number of hydrogen-bond acceptors (Lipinski definition) is 3. The van der Waals surface area contributed by atoms with Crippen molar-refractivity contribution in [1.82, 2.24) is 4.90 Å². The first kappa shape index (κ1) is 10.9. The Labute approximate surface area is 91.8 Å². The molecule has 15 heavy (non-hydrogen) atoms. The number of nitrogens with zero attached hydrogens (tertiary/aromatic N) is 1. The molecule has 2 atom stereocenters. The molecule has 1 heterocycles. The van der Waals surface area contributed by atoms with Gasteiger partial charge in [-0.1, -0.05) is 18.2 Å². The molecule has 3 heteroatoms. The van der Waals surface area contributed by atoms with Gasteiger partial charge in [-0.05, 0) is 38.4 Å². The van der Waals surface area contributed by atoms with Crippen LogP contribution < -0.4 is 11.5 Å². The lowest BCUT2D eigenvalue weighted by molar-refractivity contribution is 0.368. The smallest absolute Gasteiger partial charge is 0.0503 e. The van der Waals surface area contributed by atoms with E-state index in [4.69, 9.17) is 11.5 Å². The normalized spacial score (nSPS) is 37.0. The summed E-state index contributed by atoms with van der Waals surface area (Å²) in [4.78, 5) is 2.47. The Balaban J connectivity index is 1.97. The van der Waals surface area contributed by atoms with E-state index in [0.717, 1.165) is 6.54 Å². The highest BCUT2D eigenvalue weighted by Gasteiger charge is 2.26. The maximum atomic E-state index is 6.02. The molecule has 0 bridgehead atoms. The molecule has 4 N–H and O–H groups in total. The molecule has 1 fully saturated rings. The Bertz CT molecular complexity index is 285. The number of likely N-dealkylation sites (tertiary alicyclic amines) is 1. The van der Waals surface area contributed by atoms with Crippen molar-refractivity contribution in [3.63, 3.8) is 0 Å². The average Bonchev–Trinajstić information content (AvgIpc) is 2.65. The third kappa shape index (κ3) is 2.48. The minimum absolute atomic E-state index is 0.0555. The van der Waals surface area contributed by atoms with E-state index in [9.17, 15) is 0 Å². The number of nitrogens with two attached hydrogens (primary N) is 2. The van der Waals surface area contributed by atoms with Crippen LogP contribution in [0, 0.1) is 0 Å². The standard InChI is InChI=1S/C12H21N3/c1-12(14)5-4-10(8-11(12)13)9-15-6-2-3-7-15/h4-5,8,11H,2-3,6-7,9,13-14H2,1H3. The summed E-state index contributed by atoms with van der Waals surface area (Å²) in [7, 11) is 0. The van der Waals surface area contributed by atoms with E-state index in [0.29, 0.717) is 0 Å². The summed E-state index contributed by atoms with van der Waals surface area (Å²) in [5, 5.41) is 0. The van der Waals surface area contributed by atoms with Gasteiger partial charge in [0.15, 0.2) is 0 Å². The van der Waals surface area contributed by atoms with Gasteiger partial charge >= 0.3 is 0 Å². The second kappa shape index (κ2) is 4.08. The largest absolute Gasteiger partial charge is 0.323 e. The second-order valence-electron chi connectivity index (χ2n) is 4.95. The fourth-order valence-electron chi connectivity index (χ4n) is 2.17. The SMILES string of the molecule is CC1(N)C=CC(CN2CCCC2)=CC1N. The van der Waals surface area contributed by atoms with Crippen LogP contribution in [-0.2, 0) is 0 Å². The van der Waals surface area contributed by atoms with Gasteiger partial charge in [0.25, 0.3) is 0 Å². The van der Waals surface area contributed by atoms with Crippen LogP contribution in [0.5, 0.6) is 0 Å². The molecule has 2 rings (SSSR count). The number of hydrogen-bond donors (Lipinski definition) is 2. The highest BCUT2D eigenvalue weighted by atomic mass is 15.1. The van der Waals surface area contributed by atoms with Crippen LogP contribution in [0.1, 0.15) is 19.8 Å². The van der Waals surface area contributed by atoms with E-state index in [2.05, 4.69) is 17.1 Å². The molecule has 0 saturated carbocycles. The predicted octanol–water partition coefficient (Wildman–Crippen LogP) is 0.623. The van der Waals surface area contributed by atoms with Crippen molar-refractivity contribution < 1.29 is 0 Å². The van der Waals surface area contributed by atoms with Gasteiger partial charge in [0.1, 0.15) is 0 Å².